The molecule has 39 heavy (non-hydrogen) atoms. The van der Waals surface area contributed by atoms with Gasteiger partial charge in [-0.05, 0) is 26.2 Å². The summed E-state index contributed by atoms with van der Waals surface area (Å²) in [6.45, 7) is 9.24. The molecule has 0 aliphatic carbocycles. The number of imidazole rings is 1. The molecule has 0 fully saturated rings. The highest BCUT2D eigenvalue weighted by molar-refractivity contribution is 4.83. The summed E-state index contributed by atoms with van der Waals surface area (Å²) in [7, 11) is 0. The van der Waals surface area contributed by atoms with E-state index >= 15 is 0 Å². The molecule has 0 saturated heterocycles. The predicted molar refractivity (Wildman–Crippen MR) is 175 cm³/mol. The van der Waals surface area contributed by atoms with Gasteiger partial charge in [-0.25, -0.2) is 9.13 Å². The van der Waals surface area contributed by atoms with E-state index in [9.17, 15) is 0 Å². The van der Waals surface area contributed by atoms with Crippen LogP contribution >= 0.6 is 0 Å². The molecule has 2 heteroatoms. The van der Waals surface area contributed by atoms with Crippen LogP contribution in [0.1, 0.15) is 206 Å². The lowest BCUT2D eigenvalue weighted by Gasteiger charge is -2.06. The molecule has 0 radical (unpaired) electrons. The molecule has 0 spiro atoms. The quantitative estimate of drug-likeness (QED) is 0.0648. The van der Waals surface area contributed by atoms with Gasteiger partial charge in [0.25, 0.3) is 5.82 Å². The minimum atomic E-state index is 1.11. The van der Waals surface area contributed by atoms with Crippen LogP contribution in [0.15, 0.2) is 12.4 Å². The molecular weight excluding hydrogens is 472 g/mol. The van der Waals surface area contributed by atoms with Gasteiger partial charge in [0.15, 0.2) is 0 Å². The van der Waals surface area contributed by atoms with Crippen LogP contribution in [0.2, 0.25) is 0 Å². The van der Waals surface area contributed by atoms with Crippen LogP contribution in [-0.4, -0.2) is 4.57 Å². The molecule has 0 aliphatic rings. The second-order valence-corrected chi connectivity index (χ2v) is 12.6. The summed E-state index contributed by atoms with van der Waals surface area (Å²) in [6, 6.07) is 0. The number of nitrogens with zero attached hydrogens (tertiary/aromatic N) is 2. The number of hydrogen-bond donors (Lipinski definition) is 0. The lowest BCUT2D eigenvalue weighted by atomic mass is 10.0. The molecule has 0 atom stereocenters. The maximum atomic E-state index is 2.58. The second kappa shape index (κ2) is 28.7. The van der Waals surface area contributed by atoms with Gasteiger partial charge >= 0.3 is 0 Å². The number of aryl methyl sites for hydroxylation is 2. The number of hydrogen-bond acceptors (Lipinski definition) is 0. The third-order valence-electron chi connectivity index (χ3n) is 8.94. The summed E-state index contributed by atoms with van der Waals surface area (Å²) in [5.74, 6) is 1.57. The summed E-state index contributed by atoms with van der Waals surface area (Å²) >= 11 is 0. The van der Waals surface area contributed by atoms with Crippen molar-refractivity contribution in [1.82, 2.24) is 4.57 Å². The van der Waals surface area contributed by atoms with Gasteiger partial charge < -0.3 is 0 Å². The predicted octanol–water partition coefficient (Wildman–Crippen LogP) is 12.3. The van der Waals surface area contributed by atoms with Gasteiger partial charge in [-0.1, -0.05) is 174 Å². The molecule has 2 nitrogen and oxygen atoms in total. The Kier molecular flexibility index (Phi) is 26.7. The maximum Gasteiger partial charge on any atom is 0.256 e. The zero-order chi connectivity index (χ0) is 28.1. The van der Waals surface area contributed by atoms with Crippen molar-refractivity contribution in [2.24, 2.45) is 0 Å². The Bertz CT molecular complexity index is 605. The maximum absolute atomic E-state index is 2.58. The first-order chi connectivity index (χ1) is 19.3. The Balaban J connectivity index is 1.98. The Labute approximate surface area is 247 Å². The van der Waals surface area contributed by atoms with Gasteiger partial charge in [-0.2, -0.15) is 0 Å². The van der Waals surface area contributed by atoms with Crippen LogP contribution in [0, 0.1) is 0 Å². The van der Waals surface area contributed by atoms with Crippen molar-refractivity contribution in [3.8, 4) is 0 Å². The molecule has 0 unspecified atom stereocenters. The molecule has 0 aromatic carbocycles. The van der Waals surface area contributed by atoms with E-state index < -0.39 is 0 Å². The van der Waals surface area contributed by atoms with Gasteiger partial charge in [-0.3, -0.25) is 0 Å². The Hall–Kier alpha value is -0.790. The molecule has 0 aliphatic heterocycles. The molecule has 0 N–H and O–H groups in total. The summed E-state index contributed by atoms with van der Waals surface area (Å²) in [5.41, 5.74) is 0. The summed E-state index contributed by atoms with van der Waals surface area (Å²) in [4.78, 5) is 0. The van der Waals surface area contributed by atoms with Crippen LogP contribution in [0.25, 0.3) is 0 Å². The normalized spacial score (nSPS) is 11.6. The Morgan fingerprint density at radius 2 is 0.769 bits per heavy atom. The molecule has 1 aromatic rings. The van der Waals surface area contributed by atoms with Crippen LogP contribution in [0.3, 0.4) is 0 Å². The third kappa shape index (κ3) is 21.6. The molecule has 0 amide bonds. The first kappa shape index (κ1) is 36.2. The van der Waals surface area contributed by atoms with Crippen LogP contribution < -0.4 is 4.57 Å². The van der Waals surface area contributed by atoms with Crippen molar-refractivity contribution in [2.45, 2.75) is 220 Å². The van der Waals surface area contributed by atoms with Crippen molar-refractivity contribution in [1.29, 1.82) is 0 Å². The Morgan fingerprint density at radius 1 is 0.436 bits per heavy atom. The molecule has 0 bridgehead atoms. The highest BCUT2D eigenvalue weighted by atomic mass is 15.1. The van der Waals surface area contributed by atoms with E-state index in [0.717, 1.165) is 6.54 Å². The fourth-order valence-electron chi connectivity index (χ4n) is 6.23. The second-order valence-electron chi connectivity index (χ2n) is 12.6. The van der Waals surface area contributed by atoms with E-state index in [1.54, 1.807) is 5.82 Å². The van der Waals surface area contributed by atoms with Crippen LogP contribution in [0.5, 0.6) is 0 Å². The number of aromatic nitrogens is 2. The topological polar surface area (TPSA) is 8.81 Å². The highest BCUT2D eigenvalue weighted by Crippen LogP contribution is 2.15. The highest BCUT2D eigenvalue weighted by Gasteiger charge is 2.15. The van der Waals surface area contributed by atoms with E-state index in [1.807, 2.05) is 0 Å². The van der Waals surface area contributed by atoms with E-state index in [-0.39, 0.29) is 0 Å². The van der Waals surface area contributed by atoms with E-state index in [1.165, 1.54) is 193 Å². The lowest BCUT2D eigenvalue weighted by Crippen LogP contribution is -2.37. The standard InChI is InChI=1S/C37H73N2/c1-4-7-9-11-13-15-17-19-20-22-24-26-28-30-32-34-39-36-35-38(6-3)37(39)33-31-29-27-25-23-21-18-16-14-12-10-8-5-2/h35-36H,4-34H2,1-3H3/q+1. The van der Waals surface area contributed by atoms with Gasteiger partial charge in [0.1, 0.15) is 12.4 Å². The summed E-state index contributed by atoms with van der Waals surface area (Å²) < 4.78 is 5.07. The van der Waals surface area contributed by atoms with Crippen molar-refractivity contribution < 1.29 is 4.57 Å². The fourth-order valence-corrected chi connectivity index (χ4v) is 6.23. The molecule has 1 aromatic heterocycles. The summed E-state index contributed by atoms with van der Waals surface area (Å²) in [6.07, 6.45) is 46.3. The fraction of sp³-hybridized carbons (Fsp3) is 0.919. The zero-order valence-corrected chi connectivity index (χ0v) is 27.5. The van der Waals surface area contributed by atoms with Crippen molar-refractivity contribution in [3.63, 3.8) is 0 Å². The molecule has 1 rings (SSSR count). The van der Waals surface area contributed by atoms with Gasteiger partial charge in [0.2, 0.25) is 0 Å². The van der Waals surface area contributed by atoms with E-state index in [4.69, 9.17) is 0 Å². The molecule has 0 saturated carbocycles. The van der Waals surface area contributed by atoms with Crippen LogP contribution in [0.4, 0.5) is 0 Å². The van der Waals surface area contributed by atoms with Gasteiger partial charge in [0.05, 0.1) is 13.1 Å². The SMILES string of the molecule is CCCCCCCCCCCCCCCCC[n+]1ccn(CC)c1CCCCCCCCCCCCCCC. The largest absolute Gasteiger partial charge is 0.256 e. The van der Waals surface area contributed by atoms with Crippen molar-refractivity contribution >= 4 is 0 Å². The smallest absolute Gasteiger partial charge is 0.235 e. The molecule has 230 valence electrons. The number of rotatable bonds is 31. The Morgan fingerprint density at radius 3 is 1.13 bits per heavy atom. The first-order valence-electron chi connectivity index (χ1n) is 18.4. The minimum absolute atomic E-state index is 1.11. The molecular formula is C37H73N2+. The third-order valence-corrected chi connectivity index (χ3v) is 8.94. The first-order valence-corrected chi connectivity index (χ1v) is 18.4. The van der Waals surface area contributed by atoms with Gasteiger partial charge in [-0.15, -0.1) is 0 Å². The van der Waals surface area contributed by atoms with Crippen molar-refractivity contribution in [3.05, 3.63) is 18.2 Å². The number of unbranched alkanes of at least 4 members (excludes halogenated alkanes) is 26. The van der Waals surface area contributed by atoms with Gasteiger partial charge in [0, 0.05) is 6.42 Å². The average molecular weight is 546 g/mol. The zero-order valence-electron chi connectivity index (χ0n) is 27.5. The average Bonchev–Trinajstić information content (AvgIpc) is 3.34. The van der Waals surface area contributed by atoms with E-state index in [0.29, 0.717) is 0 Å². The monoisotopic (exact) mass is 546 g/mol. The van der Waals surface area contributed by atoms with Crippen molar-refractivity contribution in [2.75, 3.05) is 0 Å². The molecule has 1 heterocycles. The van der Waals surface area contributed by atoms with E-state index in [2.05, 4.69) is 42.3 Å². The summed E-state index contributed by atoms with van der Waals surface area (Å²) in [5, 5.41) is 0. The lowest BCUT2D eigenvalue weighted by molar-refractivity contribution is -0.704. The van der Waals surface area contributed by atoms with Crippen LogP contribution in [-0.2, 0) is 19.5 Å². The minimum Gasteiger partial charge on any atom is -0.235 e.